The second-order valence-corrected chi connectivity index (χ2v) is 11.5. The molecule has 4 aliphatic heterocycles. The molecule has 198 valence electrons. The molecule has 8 nitrogen and oxygen atoms in total. The second kappa shape index (κ2) is 9.29. The number of ether oxygens (including phenoxy) is 2. The minimum absolute atomic E-state index is 0.000418. The Morgan fingerprint density at radius 3 is 2.58 bits per heavy atom. The van der Waals surface area contributed by atoms with Gasteiger partial charge in [-0.15, -0.1) is 0 Å². The first-order chi connectivity index (χ1) is 18.6. The van der Waals surface area contributed by atoms with E-state index in [1.807, 2.05) is 18.5 Å². The summed E-state index contributed by atoms with van der Waals surface area (Å²) in [5, 5.41) is 8.47. The van der Waals surface area contributed by atoms with Crippen LogP contribution in [0.25, 0.3) is 32.8 Å². The number of piperazine rings is 3. The van der Waals surface area contributed by atoms with Gasteiger partial charge < -0.3 is 9.47 Å². The highest BCUT2D eigenvalue weighted by Crippen LogP contribution is 2.44. The standard InChI is InChI=1S/C30H37N6O2/c1-20(2)29-28(21-7-8-31-26(17-21)37-3)23-16-22-19-32-35(27-6-4-5-15-38-27)25(22)18-24(23)30(33-29)36-12-9-34(10-13-36)11-14-36/h7-8,16-20,27H,4-6,9-15H2,1-3H3/q+1. The lowest BCUT2D eigenvalue weighted by atomic mass is 9.91. The summed E-state index contributed by atoms with van der Waals surface area (Å²) in [5.74, 6) is 2.12. The molecule has 4 aromatic rings. The molecule has 8 rings (SSSR count). The summed E-state index contributed by atoms with van der Waals surface area (Å²) in [5.41, 5.74) is 4.55. The van der Waals surface area contributed by atoms with Crippen molar-refractivity contribution in [1.29, 1.82) is 0 Å². The zero-order valence-corrected chi connectivity index (χ0v) is 22.7. The minimum Gasteiger partial charge on any atom is -0.481 e. The topological polar surface area (TPSA) is 65.3 Å². The highest BCUT2D eigenvalue weighted by Gasteiger charge is 2.43. The molecule has 4 aliphatic rings. The third-order valence-corrected chi connectivity index (χ3v) is 8.92. The molecule has 8 heteroatoms. The molecule has 1 aromatic carbocycles. The van der Waals surface area contributed by atoms with E-state index in [9.17, 15) is 0 Å². The molecule has 4 saturated heterocycles. The molecule has 4 fully saturated rings. The van der Waals surface area contributed by atoms with Gasteiger partial charge in [-0.1, -0.05) is 13.8 Å². The zero-order chi connectivity index (χ0) is 25.9. The van der Waals surface area contributed by atoms with Gasteiger partial charge in [-0.05, 0) is 54.3 Å². The Labute approximate surface area is 223 Å². The number of fused-ring (bicyclic) bond motifs is 5. The summed E-state index contributed by atoms with van der Waals surface area (Å²) < 4.78 is 14.8. The Hall–Kier alpha value is -3.07. The quantitative estimate of drug-likeness (QED) is 0.346. The average molecular weight is 514 g/mol. The predicted molar refractivity (Wildman–Crippen MR) is 151 cm³/mol. The van der Waals surface area contributed by atoms with Crippen molar-refractivity contribution in [3.05, 3.63) is 42.4 Å². The number of nitrogens with zero attached hydrogens (tertiary/aromatic N) is 6. The largest absolute Gasteiger partial charge is 0.481 e. The number of hydrogen-bond donors (Lipinski definition) is 0. The molecule has 1 atom stereocenters. The fourth-order valence-corrected chi connectivity index (χ4v) is 6.75. The fraction of sp³-hybridized carbons (Fsp3) is 0.500. The van der Waals surface area contributed by atoms with Gasteiger partial charge in [0.1, 0.15) is 0 Å². The van der Waals surface area contributed by atoms with Gasteiger partial charge in [0.05, 0.1) is 49.5 Å². The Kier molecular flexibility index (Phi) is 5.87. The zero-order valence-electron chi connectivity index (χ0n) is 22.7. The lowest BCUT2D eigenvalue weighted by Gasteiger charge is -2.49. The number of aromatic nitrogens is 4. The normalized spacial score (nSPS) is 25.5. The van der Waals surface area contributed by atoms with Crippen LogP contribution < -0.4 is 9.22 Å². The SMILES string of the molecule is COc1cc(-c2c(C(C)C)nc([N+]34CCN(CC3)CC4)c3cc4c(cnn4C4CCCCO4)cc23)ccn1. The van der Waals surface area contributed by atoms with Crippen molar-refractivity contribution < 1.29 is 9.47 Å². The first-order valence-electron chi connectivity index (χ1n) is 14.1. The van der Waals surface area contributed by atoms with Gasteiger partial charge in [0.25, 0.3) is 0 Å². The molecule has 0 saturated carbocycles. The van der Waals surface area contributed by atoms with Crippen LogP contribution in [0.4, 0.5) is 5.82 Å². The van der Waals surface area contributed by atoms with Crippen molar-refractivity contribution in [2.24, 2.45) is 0 Å². The van der Waals surface area contributed by atoms with E-state index in [1.54, 1.807) is 7.11 Å². The van der Waals surface area contributed by atoms with Crippen LogP contribution in [0.2, 0.25) is 0 Å². The van der Waals surface area contributed by atoms with Crippen LogP contribution in [0, 0.1) is 0 Å². The highest BCUT2D eigenvalue weighted by molar-refractivity contribution is 6.09. The number of pyridine rings is 2. The molecule has 3 aromatic heterocycles. The monoisotopic (exact) mass is 513 g/mol. The van der Waals surface area contributed by atoms with E-state index in [4.69, 9.17) is 19.6 Å². The number of hydrogen-bond acceptors (Lipinski definition) is 6. The third kappa shape index (κ3) is 3.81. The molecular weight excluding hydrogens is 476 g/mol. The second-order valence-electron chi connectivity index (χ2n) is 11.5. The first-order valence-corrected chi connectivity index (χ1v) is 14.1. The van der Waals surface area contributed by atoms with E-state index in [1.165, 1.54) is 28.6 Å². The predicted octanol–water partition coefficient (Wildman–Crippen LogP) is 5.11. The number of benzene rings is 1. The Morgan fingerprint density at radius 2 is 1.87 bits per heavy atom. The van der Waals surface area contributed by atoms with Crippen molar-refractivity contribution in [3.63, 3.8) is 0 Å². The summed E-state index contributed by atoms with van der Waals surface area (Å²) in [4.78, 5) is 12.6. The highest BCUT2D eigenvalue weighted by atomic mass is 16.5. The summed E-state index contributed by atoms with van der Waals surface area (Å²) in [6.07, 6.45) is 7.14. The van der Waals surface area contributed by atoms with Gasteiger partial charge in [-0.25, -0.2) is 9.67 Å². The maximum absolute atomic E-state index is 6.16. The van der Waals surface area contributed by atoms with E-state index < -0.39 is 0 Å². The molecule has 0 radical (unpaired) electrons. The van der Waals surface area contributed by atoms with Crippen LogP contribution in [0.3, 0.4) is 0 Å². The van der Waals surface area contributed by atoms with Crippen molar-refractivity contribution in [2.45, 2.75) is 45.3 Å². The molecule has 38 heavy (non-hydrogen) atoms. The maximum atomic E-state index is 6.16. The Morgan fingerprint density at radius 1 is 1.05 bits per heavy atom. The summed E-state index contributed by atoms with van der Waals surface area (Å²) in [7, 11) is 1.67. The van der Waals surface area contributed by atoms with Crippen LogP contribution in [0.1, 0.15) is 50.9 Å². The van der Waals surface area contributed by atoms with Crippen LogP contribution in [-0.4, -0.2) is 77.6 Å². The number of quaternary nitrogens is 1. The van der Waals surface area contributed by atoms with Crippen LogP contribution in [0.15, 0.2) is 36.7 Å². The summed E-state index contributed by atoms with van der Waals surface area (Å²) >= 11 is 0. The van der Waals surface area contributed by atoms with Crippen LogP contribution in [0.5, 0.6) is 5.88 Å². The molecule has 2 bridgehead atoms. The van der Waals surface area contributed by atoms with E-state index in [0.717, 1.165) is 85.4 Å². The average Bonchev–Trinajstić information content (AvgIpc) is 3.39. The van der Waals surface area contributed by atoms with Gasteiger partial charge in [0, 0.05) is 49.5 Å². The van der Waals surface area contributed by atoms with E-state index in [0.29, 0.717) is 5.88 Å². The van der Waals surface area contributed by atoms with E-state index >= 15 is 0 Å². The van der Waals surface area contributed by atoms with Gasteiger partial charge in [-0.3, -0.25) is 9.38 Å². The molecule has 0 amide bonds. The molecule has 7 heterocycles. The number of rotatable bonds is 5. The number of methoxy groups -OCH3 is 1. The Bertz CT molecular complexity index is 1480. The van der Waals surface area contributed by atoms with E-state index in [2.05, 4.69) is 46.6 Å². The molecule has 0 spiro atoms. The third-order valence-electron chi connectivity index (χ3n) is 8.92. The van der Waals surface area contributed by atoms with E-state index in [-0.39, 0.29) is 12.1 Å². The van der Waals surface area contributed by atoms with Gasteiger partial charge in [0.15, 0.2) is 6.23 Å². The molecular formula is C30H37N6O2+. The van der Waals surface area contributed by atoms with Gasteiger partial charge in [-0.2, -0.15) is 10.1 Å². The van der Waals surface area contributed by atoms with Gasteiger partial charge in [0.2, 0.25) is 11.7 Å². The van der Waals surface area contributed by atoms with Crippen LogP contribution >= 0.6 is 0 Å². The van der Waals surface area contributed by atoms with Crippen molar-refractivity contribution in [1.82, 2.24) is 29.1 Å². The summed E-state index contributed by atoms with van der Waals surface area (Å²) in [6.45, 7) is 12.1. The maximum Gasteiger partial charge on any atom is 0.236 e. The minimum atomic E-state index is -0.000418. The fourth-order valence-electron chi connectivity index (χ4n) is 6.75. The Balaban J connectivity index is 1.54. The lowest BCUT2D eigenvalue weighted by Crippen LogP contribution is -2.68. The molecule has 0 N–H and O–H groups in total. The van der Waals surface area contributed by atoms with Crippen molar-refractivity contribution in [3.8, 4) is 17.0 Å². The first kappa shape index (κ1) is 24.0. The molecule has 1 unspecified atom stereocenters. The molecule has 0 aliphatic carbocycles. The van der Waals surface area contributed by atoms with Crippen LogP contribution in [-0.2, 0) is 4.74 Å². The lowest BCUT2D eigenvalue weighted by molar-refractivity contribution is -0.0366. The smallest absolute Gasteiger partial charge is 0.236 e. The van der Waals surface area contributed by atoms with Gasteiger partial charge >= 0.3 is 0 Å². The van der Waals surface area contributed by atoms with Crippen molar-refractivity contribution in [2.75, 3.05) is 53.0 Å². The summed E-state index contributed by atoms with van der Waals surface area (Å²) in [6, 6.07) is 8.82. The van der Waals surface area contributed by atoms with Crippen molar-refractivity contribution >= 4 is 27.5 Å².